The fraction of sp³-hybridized carbons (Fsp3) is 0.367. The highest BCUT2D eigenvalue weighted by Gasteiger charge is 2.60. The quantitative estimate of drug-likeness (QED) is 0.298. The SMILES string of the molecule is NC(=O)C1=C(O)[C@@]2(O)C(=O)C3=C(O)c4c(O)cc(CNC5Cc6ccccc6C5)c(C(F)(F)F)c4CC3C[C@H]2CC1=O. The number of primary amides is 1. The van der Waals surface area contributed by atoms with E-state index in [0.717, 1.165) is 17.2 Å². The molecule has 2 aromatic carbocycles. The molecule has 0 spiro atoms. The summed E-state index contributed by atoms with van der Waals surface area (Å²) in [6.45, 7) is -0.222. The molecule has 0 radical (unpaired) electrons. The summed E-state index contributed by atoms with van der Waals surface area (Å²) in [6, 6.07) is 8.50. The largest absolute Gasteiger partial charge is 0.508 e. The summed E-state index contributed by atoms with van der Waals surface area (Å²) in [5, 5.41) is 47.1. The highest BCUT2D eigenvalue weighted by molar-refractivity contribution is 6.22. The number of rotatable bonds is 4. The number of phenolic OH excluding ortho intramolecular Hbond substituents is 1. The number of aliphatic hydroxyl groups excluding tert-OH is 2. The van der Waals surface area contributed by atoms with E-state index in [2.05, 4.69) is 5.32 Å². The van der Waals surface area contributed by atoms with Gasteiger partial charge in [0.15, 0.2) is 11.4 Å². The first-order chi connectivity index (χ1) is 19.7. The van der Waals surface area contributed by atoms with Gasteiger partial charge in [-0.05, 0) is 59.9 Å². The van der Waals surface area contributed by atoms with E-state index in [1.165, 1.54) is 0 Å². The number of halogens is 3. The summed E-state index contributed by atoms with van der Waals surface area (Å²) >= 11 is 0. The average molecular weight is 585 g/mol. The molecule has 1 saturated carbocycles. The lowest BCUT2D eigenvalue weighted by Gasteiger charge is -2.46. The monoisotopic (exact) mass is 584 g/mol. The topological polar surface area (TPSA) is 170 Å². The molecule has 2 aromatic rings. The van der Waals surface area contributed by atoms with Crippen LogP contribution in [-0.2, 0) is 46.4 Å². The number of nitrogens with one attached hydrogen (secondary N) is 1. The first-order valence-corrected chi connectivity index (χ1v) is 13.5. The number of aliphatic hydroxyl groups is 3. The standard InChI is InChI=1S/C30H27F3N2O7/c31-30(32,33)24-15(11-35-17-6-12-3-1-2-4-13(12)7-17)9-19(36)22-18(24)8-14-5-16-10-20(37)23(28(34)41)27(40)29(16,42)26(39)21(14)25(22)38/h1-4,9,14,16-17,35-36,38,40,42H,5-8,10-11H2,(H2,34,41)/t14?,16-,29-/m0/s1. The minimum Gasteiger partial charge on any atom is -0.508 e. The van der Waals surface area contributed by atoms with Gasteiger partial charge < -0.3 is 31.5 Å². The molecule has 1 unspecified atom stereocenters. The van der Waals surface area contributed by atoms with Gasteiger partial charge in [0.2, 0.25) is 5.78 Å². The first kappa shape index (κ1) is 28.0. The molecule has 6 rings (SSSR count). The molecule has 3 atom stereocenters. The molecule has 9 nitrogen and oxygen atoms in total. The molecule has 0 bridgehead atoms. The summed E-state index contributed by atoms with van der Waals surface area (Å²) in [6.07, 6.45) is -4.88. The Morgan fingerprint density at radius 1 is 1.05 bits per heavy atom. The second-order valence-electron chi connectivity index (χ2n) is 11.4. The Morgan fingerprint density at radius 2 is 1.69 bits per heavy atom. The number of hydrogen-bond acceptors (Lipinski definition) is 8. The van der Waals surface area contributed by atoms with Crippen molar-refractivity contribution in [3.05, 3.63) is 80.6 Å². The van der Waals surface area contributed by atoms with Gasteiger partial charge in [0, 0.05) is 30.5 Å². The Hall–Kier alpha value is -4.16. The number of phenols is 1. The number of amides is 1. The second-order valence-corrected chi connectivity index (χ2v) is 11.4. The van der Waals surface area contributed by atoms with Gasteiger partial charge in [0.05, 0.1) is 11.1 Å². The smallest absolute Gasteiger partial charge is 0.417 e. The van der Waals surface area contributed by atoms with Crippen molar-refractivity contribution in [3.63, 3.8) is 0 Å². The molecule has 12 heteroatoms. The van der Waals surface area contributed by atoms with E-state index in [1.54, 1.807) is 0 Å². The predicted molar refractivity (Wildman–Crippen MR) is 141 cm³/mol. The maximum Gasteiger partial charge on any atom is 0.417 e. The van der Waals surface area contributed by atoms with Crippen molar-refractivity contribution in [2.24, 2.45) is 17.6 Å². The molecule has 7 N–H and O–H groups in total. The van der Waals surface area contributed by atoms with Gasteiger partial charge in [-0.1, -0.05) is 24.3 Å². The number of alkyl halides is 3. The molecular formula is C30H27F3N2O7. The Balaban J connectivity index is 1.41. The third kappa shape index (κ3) is 4.03. The van der Waals surface area contributed by atoms with E-state index < -0.39 is 99.0 Å². The van der Waals surface area contributed by atoms with Gasteiger partial charge in [-0.3, -0.25) is 14.4 Å². The van der Waals surface area contributed by atoms with Gasteiger partial charge in [-0.25, -0.2) is 0 Å². The van der Waals surface area contributed by atoms with Gasteiger partial charge in [-0.15, -0.1) is 0 Å². The van der Waals surface area contributed by atoms with Gasteiger partial charge in [0.1, 0.15) is 22.8 Å². The third-order valence-corrected chi connectivity index (χ3v) is 9.06. The fourth-order valence-electron chi connectivity index (χ4n) is 7.21. The van der Waals surface area contributed by atoms with E-state index in [1.807, 2.05) is 24.3 Å². The van der Waals surface area contributed by atoms with Crippen LogP contribution in [0.1, 0.15) is 46.2 Å². The summed E-state index contributed by atoms with van der Waals surface area (Å²) in [5.41, 5.74) is 0.875. The van der Waals surface area contributed by atoms with Crippen molar-refractivity contribution in [1.82, 2.24) is 5.32 Å². The van der Waals surface area contributed by atoms with Crippen LogP contribution in [0.2, 0.25) is 0 Å². The highest BCUT2D eigenvalue weighted by atomic mass is 19.4. The lowest BCUT2D eigenvalue weighted by atomic mass is 9.59. The Labute approximate surface area is 237 Å². The maximum atomic E-state index is 14.6. The summed E-state index contributed by atoms with van der Waals surface area (Å²) in [5.74, 6) is -8.78. The van der Waals surface area contributed by atoms with E-state index in [4.69, 9.17) is 5.73 Å². The fourth-order valence-corrected chi connectivity index (χ4v) is 7.21. The highest BCUT2D eigenvalue weighted by Crippen LogP contribution is 2.54. The number of carbonyl (C=O) groups is 3. The van der Waals surface area contributed by atoms with Gasteiger partial charge in [-0.2, -0.15) is 13.2 Å². The molecule has 0 saturated heterocycles. The number of fused-ring (bicyclic) bond motifs is 4. The molecule has 220 valence electrons. The number of ketones is 2. The number of nitrogens with two attached hydrogens (primary N) is 1. The van der Waals surface area contributed by atoms with Gasteiger partial charge >= 0.3 is 6.18 Å². The van der Waals surface area contributed by atoms with Crippen molar-refractivity contribution in [3.8, 4) is 5.75 Å². The molecular weight excluding hydrogens is 557 g/mol. The number of Topliss-reactive ketones (excluding diaryl/α,β-unsaturated/α-hetero) is 2. The lowest BCUT2D eigenvalue weighted by molar-refractivity contribution is -0.147. The average Bonchev–Trinajstić information content (AvgIpc) is 3.31. The minimum absolute atomic E-state index is 0.120. The molecule has 4 aliphatic carbocycles. The number of hydrogen-bond donors (Lipinski definition) is 6. The number of benzene rings is 2. The van der Waals surface area contributed by atoms with Crippen LogP contribution in [-0.4, -0.2) is 49.5 Å². The van der Waals surface area contributed by atoms with Crippen molar-refractivity contribution >= 4 is 23.2 Å². The zero-order valence-electron chi connectivity index (χ0n) is 22.1. The maximum absolute atomic E-state index is 14.6. The van der Waals surface area contributed by atoms with E-state index in [-0.39, 0.29) is 24.6 Å². The van der Waals surface area contributed by atoms with E-state index in [0.29, 0.717) is 12.8 Å². The van der Waals surface area contributed by atoms with Crippen molar-refractivity contribution < 1.29 is 48.0 Å². The predicted octanol–water partition coefficient (Wildman–Crippen LogP) is 2.70. The van der Waals surface area contributed by atoms with Crippen molar-refractivity contribution in [2.75, 3.05) is 0 Å². The van der Waals surface area contributed by atoms with Crippen LogP contribution >= 0.6 is 0 Å². The van der Waals surface area contributed by atoms with Crippen molar-refractivity contribution in [1.29, 1.82) is 0 Å². The van der Waals surface area contributed by atoms with E-state index >= 15 is 0 Å². The normalized spacial score (nSPS) is 25.7. The molecule has 0 aliphatic heterocycles. The van der Waals surface area contributed by atoms with Crippen LogP contribution in [0.4, 0.5) is 13.2 Å². The summed E-state index contributed by atoms with van der Waals surface area (Å²) < 4.78 is 43.9. The molecule has 0 heterocycles. The molecule has 4 aliphatic rings. The van der Waals surface area contributed by atoms with Crippen LogP contribution in [0.5, 0.6) is 5.75 Å². The number of carbonyl (C=O) groups excluding carboxylic acids is 3. The second kappa shape index (κ2) is 9.43. The Bertz CT molecular complexity index is 1620. The van der Waals surface area contributed by atoms with Crippen LogP contribution < -0.4 is 11.1 Å². The third-order valence-electron chi connectivity index (χ3n) is 9.06. The van der Waals surface area contributed by atoms with Crippen LogP contribution in [0.25, 0.3) is 5.76 Å². The van der Waals surface area contributed by atoms with Crippen LogP contribution in [0.3, 0.4) is 0 Å². The minimum atomic E-state index is -4.89. The van der Waals surface area contributed by atoms with E-state index in [9.17, 15) is 48.0 Å². The first-order valence-electron chi connectivity index (χ1n) is 13.5. The van der Waals surface area contributed by atoms with Crippen molar-refractivity contribution in [2.45, 2.75) is 56.5 Å². The molecule has 1 amide bonds. The lowest BCUT2D eigenvalue weighted by Crippen LogP contribution is -2.58. The Kier molecular flexibility index (Phi) is 6.28. The molecule has 1 fully saturated rings. The molecule has 0 aromatic heterocycles. The Morgan fingerprint density at radius 3 is 2.29 bits per heavy atom. The zero-order chi connectivity index (χ0) is 30.3. The number of aromatic hydroxyl groups is 1. The van der Waals surface area contributed by atoms with Crippen LogP contribution in [0, 0.1) is 11.8 Å². The summed E-state index contributed by atoms with van der Waals surface area (Å²) in [4.78, 5) is 37.9. The summed E-state index contributed by atoms with van der Waals surface area (Å²) in [7, 11) is 0. The zero-order valence-corrected chi connectivity index (χ0v) is 22.1. The van der Waals surface area contributed by atoms with Crippen LogP contribution in [0.15, 0.2) is 47.2 Å². The molecule has 42 heavy (non-hydrogen) atoms. The van der Waals surface area contributed by atoms with Gasteiger partial charge in [0.25, 0.3) is 5.91 Å².